The largest absolute Gasteiger partial charge is 0.466 e. The standard InChI is InChI=1S/C15H22N2O2/c1-2-19-15(18)13-6-8-17(9-7-13)11-12-4-3-5-14(16)10-12/h3-5,10,13H,2,6-9,11,16H2,1H3. The Morgan fingerprint density at radius 2 is 2.16 bits per heavy atom. The Morgan fingerprint density at radius 1 is 1.42 bits per heavy atom. The van der Waals surface area contributed by atoms with Crippen LogP contribution in [0, 0.1) is 5.92 Å². The van der Waals surface area contributed by atoms with E-state index in [0.717, 1.165) is 38.2 Å². The summed E-state index contributed by atoms with van der Waals surface area (Å²) in [6, 6.07) is 7.98. The summed E-state index contributed by atoms with van der Waals surface area (Å²) in [6.07, 6.45) is 1.78. The van der Waals surface area contributed by atoms with E-state index in [1.165, 1.54) is 5.56 Å². The van der Waals surface area contributed by atoms with E-state index in [9.17, 15) is 4.79 Å². The molecule has 2 N–H and O–H groups in total. The minimum absolute atomic E-state index is 0.0360. The van der Waals surface area contributed by atoms with Crippen molar-refractivity contribution in [1.29, 1.82) is 0 Å². The number of piperidine rings is 1. The van der Waals surface area contributed by atoms with Crippen molar-refractivity contribution in [3.63, 3.8) is 0 Å². The number of benzene rings is 1. The van der Waals surface area contributed by atoms with Crippen LogP contribution >= 0.6 is 0 Å². The molecule has 0 saturated carbocycles. The average Bonchev–Trinajstić information content (AvgIpc) is 2.40. The molecule has 1 heterocycles. The Bertz CT molecular complexity index is 426. The maximum atomic E-state index is 11.7. The normalized spacial score (nSPS) is 17.3. The van der Waals surface area contributed by atoms with Crippen LogP contribution in [0.15, 0.2) is 24.3 Å². The quantitative estimate of drug-likeness (QED) is 0.666. The number of anilines is 1. The number of ether oxygens (including phenoxy) is 1. The number of nitrogen functional groups attached to an aromatic ring is 1. The van der Waals surface area contributed by atoms with Gasteiger partial charge in [-0.25, -0.2) is 0 Å². The summed E-state index contributed by atoms with van der Waals surface area (Å²) in [4.78, 5) is 14.0. The second-order valence-electron chi connectivity index (χ2n) is 5.05. The summed E-state index contributed by atoms with van der Waals surface area (Å²) in [5, 5.41) is 0. The highest BCUT2D eigenvalue weighted by molar-refractivity contribution is 5.72. The van der Waals surface area contributed by atoms with E-state index in [1.54, 1.807) is 0 Å². The maximum Gasteiger partial charge on any atom is 0.309 e. The van der Waals surface area contributed by atoms with Gasteiger partial charge in [0.2, 0.25) is 0 Å². The van der Waals surface area contributed by atoms with Crippen LogP contribution in [0.3, 0.4) is 0 Å². The number of nitrogens with two attached hydrogens (primary N) is 1. The number of hydrogen-bond donors (Lipinski definition) is 1. The molecule has 2 rings (SSSR count). The first-order valence-electron chi connectivity index (χ1n) is 6.92. The number of likely N-dealkylation sites (tertiary alicyclic amines) is 1. The van der Waals surface area contributed by atoms with Crippen LogP contribution < -0.4 is 5.73 Å². The van der Waals surface area contributed by atoms with E-state index in [2.05, 4.69) is 11.0 Å². The first kappa shape index (κ1) is 13.9. The van der Waals surface area contributed by atoms with Gasteiger partial charge in [0.1, 0.15) is 0 Å². The highest BCUT2D eigenvalue weighted by atomic mass is 16.5. The molecule has 19 heavy (non-hydrogen) atoms. The topological polar surface area (TPSA) is 55.6 Å². The van der Waals surface area contributed by atoms with Gasteiger partial charge in [-0.05, 0) is 50.6 Å². The molecule has 1 aromatic carbocycles. The van der Waals surface area contributed by atoms with Crippen molar-refractivity contribution in [3.05, 3.63) is 29.8 Å². The molecule has 4 nitrogen and oxygen atoms in total. The van der Waals surface area contributed by atoms with Gasteiger partial charge in [-0.15, -0.1) is 0 Å². The van der Waals surface area contributed by atoms with Gasteiger partial charge >= 0.3 is 5.97 Å². The molecule has 1 aliphatic rings. The summed E-state index contributed by atoms with van der Waals surface area (Å²) in [5.74, 6) is 0.0446. The van der Waals surface area contributed by atoms with Gasteiger partial charge in [0.25, 0.3) is 0 Å². The highest BCUT2D eigenvalue weighted by Gasteiger charge is 2.25. The first-order valence-corrected chi connectivity index (χ1v) is 6.92. The van der Waals surface area contributed by atoms with Gasteiger partial charge in [-0.1, -0.05) is 12.1 Å². The van der Waals surface area contributed by atoms with Gasteiger partial charge < -0.3 is 10.5 Å². The van der Waals surface area contributed by atoms with Crippen molar-refractivity contribution >= 4 is 11.7 Å². The van der Waals surface area contributed by atoms with E-state index < -0.39 is 0 Å². The second kappa shape index (κ2) is 6.57. The fourth-order valence-electron chi connectivity index (χ4n) is 2.54. The van der Waals surface area contributed by atoms with Crippen molar-refractivity contribution in [1.82, 2.24) is 4.90 Å². The molecule has 1 aromatic rings. The maximum absolute atomic E-state index is 11.7. The first-order chi connectivity index (χ1) is 9.19. The number of nitrogens with zero attached hydrogens (tertiary/aromatic N) is 1. The second-order valence-corrected chi connectivity index (χ2v) is 5.05. The molecule has 0 atom stereocenters. The van der Waals surface area contributed by atoms with E-state index in [1.807, 2.05) is 25.1 Å². The van der Waals surface area contributed by atoms with Gasteiger partial charge in [-0.3, -0.25) is 9.69 Å². The molecule has 0 unspecified atom stereocenters. The van der Waals surface area contributed by atoms with Crippen LogP contribution in [0.1, 0.15) is 25.3 Å². The predicted octanol–water partition coefficient (Wildman–Crippen LogP) is 2.04. The zero-order chi connectivity index (χ0) is 13.7. The Labute approximate surface area is 114 Å². The highest BCUT2D eigenvalue weighted by Crippen LogP contribution is 2.20. The SMILES string of the molecule is CCOC(=O)C1CCN(Cc2cccc(N)c2)CC1. The average molecular weight is 262 g/mol. The van der Waals surface area contributed by atoms with Crippen LogP contribution in [-0.2, 0) is 16.1 Å². The fraction of sp³-hybridized carbons (Fsp3) is 0.533. The monoisotopic (exact) mass is 262 g/mol. The Hall–Kier alpha value is -1.55. The minimum atomic E-state index is -0.0360. The van der Waals surface area contributed by atoms with Crippen LogP contribution in [0.25, 0.3) is 0 Å². The lowest BCUT2D eigenvalue weighted by Gasteiger charge is -2.30. The van der Waals surface area contributed by atoms with Crippen molar-refractivity contribution < 1.29 is 9.53 Å². The third kappa shape index (κ3) is 3.96. The van der Waals surface area contributed by atoms with E-state index in [-0.39, 0.29) is 11.9 Å². The molecule has 0 aliphatic carbocycles. The molecule has 1 aliphatic heterocycles. The van der Waals surface area contributed by atoms with Crippen molar-refractivity contribution in [3.8, 4) is 0 Å². The molecule has 0 aromatic heterocycles. The lowest BCUT2D eigenvalue weighted by molar-refractivity contribution is -0.149. The van der Waals surface area contributed by atoms with Gasteiger partial charge in [-0.2, -0.15) is 0 Å². The van der Waals surface area contributed by atoms with Crippen LogP contribution in [0.5, 0.6) is 0 Å². The van der Waals surface area contributed by atoms with Crippen LogP contribution in [0.2, 0.25) is 0 Å². The molecule has 1 fully saturated rings. The lowest BCUT2D eigenvalue weighted by Crippen LogP contribution is -2.36. The van der Waals surface area contributed by atoms with E-state index in [0.29, 0.717) is 6.61 Å². The third-order valence-corrected chi connectivity index (χ3v) is 3.56. The van der Waals surface area contributed by atoms with Crippen molar-refractivity contribution in [2.75, 3.05) is 25.4 Å². The van der Waals surface area contributed by atoms with Crippen molar-refractivity contribution in [2.45, 2.75) is 26.3 Å². The van der Waals surface area contributed by atoms with Gasteiger partial charge in [0.05, 0.1) is 12.5 Å². The lowest BCUT2D eigenvalue weighted by atomic mass is 9.96. The fourth-order valence-corrected chi connectivity index (χ4v) is 2.54. The zero-order valence-electron chi connectivity index (χ0n) is 11.5. The molecule has 0 amide bonds. The minimum Gasteiger partial charge on any atom is -0.466 e. The summed E-state index contributed by atoms with van der Waals surface area (Å²) >= 11 is 0. The number of carbonyl (C=O) groups is 1. The molecule has 0 spiro atoms. The molecule has 0 bridgehead atoms. The van der Waals surface area contributed by atoms with Crippen molar-refractivity contribution in [2.24, 2.45) is 5.92 Å². The summed E-state index contributed by atoms with van der Waals surface area (Å²) in [7, 11) is 0. The number of hydrogen-bond acceptors (Lipinski definition) is 4. The Kier molecular flexibility index (Phi) is 4.80. The summed E-state index contributed by atoms with van der Waals surface area (Å²) < 4.78 is 5.08. The smallest absolute Gasteiger partial charge is 0.309 e. The van der Waals surface area contributed by atoms with E-state index >= 15 is 0 Å². The van der Waals surface area contributed by atoms with Crippen LogP contribution in [0.4, 0.5) is 5.69 Å². The summed E-state index contributed by atoms with van der Waals surface area (Å²) in [5.41, 5.74) is 7.81. The number of rotatable bonds is 4. The molecular weight excluding hydrogens is 240 g/mol. The molecule has 104 valence electrons. The number of esters is 1. The van der Waals surface area contributed by atoms with E-state index in [4.69, 9.17) is 10.5 Å². The number of carbonyl (C=O) groups excluding carboxylic acids is 1. The zero-order valence-corrected chi connectivity index (χ0v) is 11.5. The Balaban J connectivity index is 1.82. The van der Waals surface area contributed by atoms with Gasteiger partial charge in [0.15, 0.2) is 0 Å². The molecule has 4 heteroatoms. The third-order valence-electron chi connectivity index (χ3n) is 3.56. The molecule has 0 radical (unpaired) electrons. The summed E-state index contributed by atoms with van der Waals surface area (Å²) in [6.45, 7) is 5.12. The Morgan fingerprint density at radius 3 is 2.79 bits per heavy atom. The van der Waals surface area contributed by atoms with Gasteiger partial charge in [0, 0.05) is 12.2 Å². The molecule has 1 saturated heterocycles. The predicted molar refractivity (Wildman–Crippen MR) is 75.5 cm³/mol. The molecular formula is C15H22N2O2. The van der Waals surface area contributed by atoms with Crippen LogP contribution in [-0.4, -0.2) is 30.6 Å².